The predicted molar refractivity (Wildman–Crippen MR) is 239 cm³/mol. The van der Waals surface area contributed by atoms with Gasteiger partial charge in [-0.25, -0.2) is 9.59 Å². The van der Waals surface area contributed by atoms with Gasteiger partial charge in [0.05, 0.1) is 18.9 Å². The lowest BCUT2D eigenvalue weighted by Crippen LogP contribution is -2.49. The predicted octanol–water partition coefficient (Wildman–Crippen LogP) is 7.81. The first kappa shape index (κ1) is 47.0. The Morgan fingerprint density at radius 2 is 1.05 bits per heavy atom. The molecule has 8 rings (SSSR count). The zero-order valence-electron chi connectivity index (χ0n) is 34.7. The van der Waals surface area contributed by atoms with Crippen LogP contribution in [0.2, 0.25) is 20.1 Å². The normalized spacial score (nSPS) is 16.5. The van der Waals surface area contributed by atoms with Crippen molar-refractivity contribution in [2.24, 2.45) is 0 Å². The number of amides is 2. The summed E-state index contributed by atoms with van der Waals surface area (Å²) in [5.41, 5.74) is 4.42. The number of carbonyl (C=O) groups excluding carboxylic acids is 5. The van der Waals surface area contributed by atoms with Crippen LogP contribution in [0.5, 0.6) is 11.5 Å². The smallest absolute Gasteiger partial charge is 0.410 e. The summed E-state index contributed by atoms with van der Waals surface area (Å²) in [6.07, 6.45) is 0.0405. The van der Waals surface area contributed by atoms with Crippen LogP contribution in [0.1, 0.15) is 57.1 Å². The number of piperazine rings is 2. The van der Waals surface area contributed by atoms with Crippen molar-refractivity contribution in [3.8, 4) is 11.5 Å². The summed E-state index contributed by atoms with van der Waals surface area (Å²) in [5, 5.41) is 12.5. The molecule has 0 aliphatic carbocycles. The molecule has 1 unspecified atom stereocenters. The van der Waals surface area contributed by atoms with Crippen molar-refractivity contribution in [2.45, 2.75) is 45.0 Å². The largest absolute Gasteiger partial charge is 0.445 e. The maximum atomic E-state index is 12.5. The SMILES string of the molecule is O=C1Cc2ccc(C(=O)CCN3CCN(C(=O)OCc4cc(Cl)cc(Cl)c4)CC3)cc2O1.O=C1Cc2ccc(C(O)CCN3CCN(C(=O)OCc4cc(Cl)cc(Cl)c4)CC3)cc2O1. The van der Waals surface area contributed by atoms with Crippen LogP contribution >= 0.6 is 46.4 Å². The zero-order chi connectivity index (χ0) is 45.3. The van der Waals surface area contributed by atoms with Crippen molar-refractivity contribution in [3.63, 3.8) is 0 Å². The second-order valence-corrected chi connectivity index (χ2v) is 17.5. The minimum atomic E-state index is -0.646. The number of hydrogen-bond acceptors (Lipinski definition) is 12. The summed E-state index contributed by atoms with van der Waals surface area (Å²) in [6, 6.07) is 20.7. The number of esters is 2. The average molecular weight is 957 g/mol. The van der Waals surface area contributed by atoms with Crippen LogP contribution in [0.15, 0.2) is 72.8 Å². The maximum Gasteiger partial charge on any atom is 0.410 e. The van der Waals surface area contributed by atoms with Gasteiger partial charge in [0.1, 0.15) is 24.7 Å². The van der Waals surface area contributed by atoms with Crippen molar-refractivity contribution in [1.82, 2.24) is 19.6 Å². The number of ketones is 1. The Bertz CT molecular complexity index is 2350. The summed E-state index contributed by atoms with van der Waals surface area (Å²) in [6.45, 7) is 6.39. The number of carbonyl (C=O) groups is 5. The molecule has 4 aliphatic heterocycles. The highest BCUT2D eigenvalue weighted by Gasteiger charge is 2.27. The van der Waals surface area contributed by atoms with E-state index >= 15 is 0 Å². The number of hydrogen-bond donors (Lipinski definition) is 1. The van der Waals surface area contributed by atoms with Gasteiger partial charge in [0, 0.05) is 109 Å². The molecule has 4 aromatic carbocycles. The molecule has 1 atom stereocenters. The van der Waals surface area contributed by atoms with Crippen LogP contribution in [0.3, 0.4) is 0 Å². The lowest BCUT2D eigenvalue weighted by molar-refractivity contribution is -0.132. The second kappa shape index (κ2) is 21.8. The Morgan fingerprint density at radius 1 is 0.594 bits per heavy atom. The summed E-state index contributed by atoms with van der Waals surface area (Å²) < 4.78 is 21.0. The molecule has 64 heavy (non-hydrogen) atoms. The molecular weight excluding hydrogens is 910 g/mol. The van der Waals surface area contributed by atoms with Gasteiger partial charge in [-0.3, -0.25) is 24.2 Å². The van der Waals surface area contributed by atoms with E-state index in [9.17, 15) is 29.1 Å². The van der Waals surface area contributed by atoms with Crippen LogP contribution in [-0.4, -0.2) is 120 Å². The standard InChI is InChI=1S/C23H24Cl2N2O5.C23H22Cl2N2O5/c2*24-18-9-15(10-19(25)13-18)14-31-23(30)27-7-5-26(6-8-27)4-3-20(28)16-1-2-17-12-22(29)32-21(17)11-16/h1-2,9-11,13,20,28H,3-8,12,14H2;1-2,9-11,13H,3-8,12,14H2. The third-order valence-corrected chi connectivity index (χ3v) is 12.1. The van der Waals surface area contributed by atoms with Crippen molar-refractivity contribution in [3.05, 3.63) is 126 Å². The topological polar surface area (TPSA) is 155 Å². The van der Waals surface area contributed by atoms with Crippen molar-refractivity contribution < 1.29 is 48.0 Å². The van der Waals surface area contributed by atoms with Gasteiger partial charge in [0.2, 0.25) is 0 Å². The highest BCUT2D eigenvalue weighted by molar-refractivity contribution is 6.35. The number of halogens is 4. The minimum Gasteiger partial charge on any atom is -0.445 e. The van der Waals surface area contributed by atoms with Gasteiger partial charge in [0.25, 0.3) is 0 Å². The van der Waals surface area contributed by atoms with Gasteiger partial charge >= 0.3 is 24.1 Å². The Morgan fingerprint density at radius 3 is 1.55 bits per heavy atom. The van der Waals surface area contributed by atoms with E-state index in [1.54, 1.807) is 70.5 Å². The van der Waals surface area contributed by atoms with Crippen LogP contribution in [0.25, 0.3) is 0 Å². The molecular formula is C46H46Cl4N4O10. The third kappa shape index (κ3) is 13.1. The van der Waals surface area contributed by atoms with Gasteiger partial charge in [-0.2, -0.15) is 0 Å². The average Bonchev–Trinajstić information content (AvgIpc) is 3.85. The molecule has 338 valence electrons. The number of aliphatic hydroxyl groups is 1. The van der Waals surface area contributed by atoms with Gasteiger partial charge < -0.3 is 33.9 Å². The van der Waals surface area contributed by atoms with E-state index in [1.807, 2.05) is 12.1 Å². The molecule has 4 heterocycles. The molecule has 14 nitrogen and oxygen atoms in total. The first-order valence-electron chi connectivity index (χ1n) is 20.8. The number of aliphatic hydroxyl groups excluding tert-OH is 1. The molecule has 2 amide bonds. The van der Waals surface area contributed by atoms with Gasteiger partial charge in [0.15, 0.2) is 5.78 Å². The highest BCUT2D eigenvalue weighted by Crippen LogP contribution is 2.31. The lowest BCUT2D eigenvalue weighted by Gasteiger charge is -2.34. The van der Waals surface area contributed by atoms with Crippen LogP contribution < -0.4 is 9.47 Å². The number of Topliss-reactive ketones (excluding diaryl/α,β-unsaturated/α-hetero) is 1. The highest BCUT2D eigenvalue weighted by atomic mass is 35.5. The van der Waals surface area contributed by atoms with E-state index in [0.717, 1.165) is 27.8 Å². The first-order valence-corrected chi connectivity index (χ1v) is 22.3. The molecule has 18 heteroatoms. The molecule has 2 saturated heterocycles. The zero-order valence-corrected chi connectivity index (χ0v) is 37.8. The monoisotopic (exact) mass is 954 g/mol. The van der Waals surface area contributed by atoms with Crippen molar-refractivity contribution in [2.75, 3.05) is 65.4 Å². The first-order chi connectivity index (χ1) is 30.7. The van der Waals surface area contributed by atoms with E-state index in [0.29, 0.717) is 115 Å². The Kier molecular flexibility index (Phi) is 16.1. The number of nitrogens with zero attached hydrogens (tertiary/aromatic N) is 4. The van der Waals surface area contributed by atoms with E-state index in [1.165, 1.54) is 0 Å². The minimum absolute atomic E-state index is 0.00206. The summed E-state index contributed by atoms with van der Waals surface area (Å²) in [7, 11) is 0. The van der Waals surface area contributed by atoms with E-state index in [-0.39, 0.29) is 56.0 Å². The fourth-order valence-electron chi connectivity index (χ4n) is 7.66. The molecule has 2 fully saturated rings. The Labute approximate surface area is 390 Å². The quantitative estimate of drug-likeness (QED) is 0.0837. The van der Waals surface area contributed by atoms with Gasteiger partial charge in [-0.1, -0.05) is 70.7 Å². The van der Waals surface area contributed by atoms with Gasteiger partial charge in [-0.05, 0) is 71.6 Å². The number of ether oxygens (including phenoxy) is 4. The molecule has 0 bridgehead atoms. The second-order valence-electron chi connectivity index (χ2n) is 15.8. The fraction of sp³-hybridized carbons (Fsp3) is 0.370. The number of rotatable bonds is 12. The molecule has 0 radical (unpaired) electrons. The van der Waals surface area contributed by atoms with Crippen LogP contribution in [0, 0.1) is 0 Å². The summed E-state index contributed by atoms with van der Waals surface area (Å²) >= 11 is 23.9. The fourth-order valence-corrected chi connectivity index (χ4v) is 8.80. The number of benzene rings is 4. The molecule has 0 spiro atoms. The summed E-state index contributed by atoms with van der Waals surface area (Å²) in [4.78, 5) is 67.7. The number of fused-ring (bicyclic) bond motifs is 2. The van der Waals surface area contributed by atoms with Crippen LogP contribution in [-0.2, 0) is 45.1 Å². The van der Waals surface area contributed by atoms with Crippen molar-refractivity contribution in [1.29, 1.82) is 0 Å². The van der Waals surface area contributed by atoms with Gasteiger partial charge in [-0.15, -0.1) is 0 Å². The summed E-state index contributed by atoms with van der Waals surface area (Å²) in [5.74, 6) is 0.460. The molecule has 0 aromatic heterocycles. The van der Waals surface area contributed by atoms with Crippen LogP contribution in [0.4, 0.5) is 9.59 Å². The molecule has 0 saturated carbocycles. The van der Waals surface area contributed by atoms with E-state index in [4.69, 9.17) is 65.4 Å². The maximum absolute atomic E-state index is 12.5. The third-order valence-electron chi connectivity index (χ3n) is 11.2. The molecule has 1 N–H and O–H groups in total. The molecule has 4 aromatic rings. The van der Waals surface area contributed by atoms with Crippen molar-refractivity contribution >= 4 is 76.3 Å². The Hall–Kier alpha value is -4.93. The van der Waals surface area contributed by atoms with E-state index < -0.39 is 6.10 Å². The lowest BCUT2D eigenvalue weighted by atomic mass is 10.0. The molecule has 4 aliphatic rings. The van der Waals surface area contributed by atoms with E-state index in [2.05, 4.69) is 9.80 Å². The Balaban J connectivity index is 0.000000191.